The fraction of sp³-hybridized carbons (Fsp3) is 0.231. The average molecular weight is 291 g/mol. The van der Waals surface area contributed by atoms with Gasteiger partial charge in [-0.25, -0.2) is 0 Å². The number of nitrogens with zero attached hydrogens (tertiary/aromatic N) is 2. The first-order valence-corrected chi connectivity index (χ1v) is 6.81. The van der Waals surface area contributed by atoms with Gasteiger partial charge in [-0.05, 0) is 29.6 Å². The number of anilines is 1. The number of benzene rings is 1. The lowest BCUT2D eigenvalue weighted by molar-refractivity contribution is -0.136. The number of hydrogen-bond acceptors (Lipinski definition) is 5. The number of nitrogens with one attached hydrogen (secondary N) is 1. The Balaban J connectivity index is 2.22. The number of carboxylic acid groups (broad SMARTS) is 1. The molecule has 0 aliphatic heterocycles. The van der Waals surface area contributed by atoms with Crippen LogP contribution >= 0.6 is 11.5 Å². The quantitative estimate of drug-likeness (QED) is 0.878. The largest absolute Gasteiger partial charge is 0.481 e. The maximum Gasteiger partial charge on any atom is 0.307 e. The lowest BCUT2D eigenvalue weighted by Crippen LogP contribution is -2.14. The minimum Gasteiger partial charge on any atom is -0.481 e. The van der Waals surface area contributed by atoms with Crippen LogP contribution in [0.5, 0.6) is 0 Å². The molecule has 20 heavy (non-hydrogen) atoms. The van der Waals surface area contributed by atoms with E-state index in [1.54, 1.807) is 24.3 Å². The highest BCUT2D eigenvalue weighted by Crippen LogP contribution is 2.19. The van der Waals surface area contributed by atoms with E-state index < -0.39 is 5.97 Å². The predicted octanol–water partition coefficient (Wildman–Crippen LogP) is 1.98. The highest BCUT2D eigenvalue weighted by atomic mass is 32.1. The van der Waals surface area contributed by atoms with Gasteiger partial charge < -0.3 is 10.4 Å². The highest BCUT2D eigenvalue weighted by Gasteiger charge is 2.16. The van der Waals surface area contributed by atoms with E-state index in [0.29, 0.717) is 28.2 Å². The zero-order chi connectivity index (χ0) is 14.5. The number of para-hydroxylation sites is 1. The Kier molecular flexibility index (Phi) is 4.41. The number of amides is 1. The first-order chi connectivity index (χ1) is 9.61. The molecule has 0 fully saturated rings. The van der Waals surface area contributed by atoms with E-state index in [4.69, 9.17) is 5.11 Å². The number of carboxylic acids is 1. The van der Waals surface area contributed by atoms with Crippen molar-refractivity contribution in [2.45, 2.75) is 19.8 Å². The molecule has 1 heterocycles. The number of aryl methyl sites for hydroxylation is 1. The summed E-state index contributed by atoms with van der Waals surface area (Å²) in [6, 6.07) is 6.83. The molecule has 2 aromatic rings. The summed E-state index contributed by atoms with van der Waals surface area (Å²) in [5, 5.41) is 15.5. The molecule has 0 saturated heterocycles. The molecule has 0 atom stereocenters. The van der Waals surface area contributed by atoms with Crippen LogP contribution in [0, 0.1) is 0 Å². The summed E-state index contributed by atoms with van der Waals surface area (Å²) >= 11 is 1.03. The van der Waals surface area contributed by atoms with Crippen LogP contribution in [0.2, 0.25) is 0 Å². The fourth-order valence-electron chi connectivity index (χ4n) is 1.75. The monoisotopic (exact) mass is 291 g/mol. The highest BCUT2D eigenvalue weighted by molar-refractivity contribution is 7.08. The van der Waals surface area contributed by atoms with Gasteiger partial charge in [-0.1, -0.05) is 29.6 Å². The van der Waals surface area contributed by atoms with Gasteiger partial charge in [0.15, 0.2) is 0 Å². The number of hydrogen-bond donors (Lipinski definition) is 2. The third kappa shape index (κ3) is 3.18. The van der Waals surface area contributed by atoms with Crippen molar-refractivity contribution < 1.29 is 14.7 Å². The lowest BCUT2D eigenvalue weighted by atomic mass is 10.1. The molecule has 0 unspecified atom stereocenters. The van der Waals surface area contributed by atoms with Gasteiger partial charge in [-0.15, -0.1) is 5.10 Å². The van der Waals surface area contributed by atoms with Gasteiger partial charge in [0.1, 0.15) is 4.88 Å². The summed E-state index contributed by atoms with van der Waals surface area (Å²) in [6.45, 7) is 1.89. The smallest absolute Gasteiger partial charge is 0.307 e. The van der Waals surface area contributed by atoms with Crippen LogP contribution in [-0.2, 0) is 17.6 Å². The maximum absolute atomic E-state index is 12.2. The molecule has 2 rings (SSSR count). The first kappa shape index (κ1) is 14.1. The molecule has 0 radical (unpaired) electrons. The Labute approximate surface area is 119 Å². The SMILES string of the molecule is CCc1nnsc1C(=O)Nc1ccccc1CC(=O)O. The zero-order valence-corrected chi connectivity index (χ0v) is 11.6. The van der Waals surface area contributed by atoms with E-state index in [-0.39, 0.29) is 12.3 Å². The molecular weight excluding hydrogens is 278 g/mol. The second-order valence-corrected chi connectivity index (χ2v) is 4.84. The van der Waals surface area contributed by atoms with Crippen molar-refractivity contribution >= 4 is 29.1 Å². The third-order valence-electron chi connectivity index (χ3n) is 2.70. The summed E-state index contributed by atoms with van der Waals surface area (Å²) in [7, 11) is 0. The molecule has 1 amide bonds. The van der Waals surface area contributed by atoms with Gasteiger partial charge in [0.05, 0.1) is 12.1 Å². The number of aromatic nitrogens is 2. The van der Waals surface area contributed by atoms with Crippen LogP contribution in [-0.4, -0.2) is 26.6 Å². The Morgan fingerprint density at radius 1 is 1.35 bits per heavy atom. The van der Waals surface area contributed by atoms with Gasteiger partial charge in [0, 0.05) is 5.69 Å². The summed E-state index contributed by atoms with van der Waals surface area (Å²) in [6.07, 6.45) is 0.480. The standard InChI is InChI=1S/C13H13N3O3S/c1-2-9-12(20-16-15-9)13(19)14-10-6-4-3-5-8(10)7-11(17)18/h3-6H,2,7H2,1H3,(H,14,19)(H,17,18). The van der Waals surface area contributed by atoms with E-state index in [0.717, 1.165) is 11.5 Å². The molecule has 104 valence electrons. The second-order valence-electron chi connectivity index (χ2n) is 4.08. The van der Waals surface area contributed by atoms with Crippen molar-refractivity contribution in [2.24, 2.45) is 0 Å². The Hall–Kier alpha value is -2.28. The first-order valence-electron chi connectivity index (χ1n) is 6.04. The maximum atomic E-state index is 12.2. The van der Waals surface area contributed by atoms with Crippen molar-refractivity contribution in [3.63, 3.8) is 0 Å². The molecule has 0 aliphatic rings. The molecule has 1 aromatic heterocycles. The van der Waals surface area contributed by atoms with Gasteiger partial charge in [0.25, 0.3) is 5.91 Å². The molecule has 1 aromatic carbocycles. The summed E-state index contributed by atoms with van der Waals surface area (Å²) in [5.41, 5.74) is 1.70. The van der Waals surface area contributed by atoms with Crippen molar-refractivity contribution in [3.8, 4) is 0 Å². The number of aliphatic carboxylic acids is 1. The summed E-state index contributed by atoms with van der Waals surface area (Å²) < 4.78 is 3.76. The van der Waals surface area contributed by atoms with Crippen LogP contribution in [0.25, 0.3) is 0 Å². The van der Waals surface area contributed by atoms with E-state index in [2.05, 4.69) is 14.9 Å². The minimum atomic E-state index is -0.944. The molecule has 0 spiro atoms. The van der Waals surface area contributed by atoms with Crippen LogP contribution in [0.4, 0.5) is 5.69 Å². The Bertz CT molecular complexity index is 639. The summed E-state index contributed by atoms with van der Waals surface area (Å²) in [5.74, 6) is -1.25. The van der Waals surface area contributed by atoms with Crippen molar-refractivity contribution in [2.75, 3.05) is 5.32 Å². The average Bonchev–Trinajstić information content (AvgIpc) is 2.88. The normalized spacial score (nSPS) is 10.2. The van der Waals surface area contributed by atoms with Crippen LogP contribution in [0.1, 0.15) is 27.9 Å². The Morgan fingerprint density at radius 2 is 2.10 bits per heavy atom. The molecule has 0 aliphatic carbocycles. The van der Waals surface area contributed by atoms with E-state index in [1.807, 2.05) is 6.92 Å². The number of rotatable bonds is 5. The summed E-state index contributed by atoms with van der Waals surface area (Å²) in [4.78, 5) is 23.4. The molecule has 0 saturated carbocycles. The van der Waals surface area contributed by atoms with E-state index in [1.165, 1.54) is 0 Å². The van der Waals surface area contributed by atoms with Gasteiger partial charge >= 0.3 is 5.97 Å². The molecular formula is C13H13N3O3S. The van der Waals surface area contributed by atoms with Crippen molar-refractivity contribution in [1.82, 2.24) is 9.59 Å². The molecule has 6 nitrogen and oxygen atoms in total. The molecule has 7 heteroatoms. The predicted molar refractivity (Wildman–Crippen MR) is 75.0 cm³/mol. The van der Waals surface area contributed by atoms with Gasteiger partial charge in [-0.2, -0.15) is 0 Å². The topological polar surface area (TPSA) is 92.2 Å². The number of carbonyl (C=O) groups excluding carboxylic acids is 1. The molecule has 2 N–H and O–H groups in total. The van der Waals surface area contributed by atoms with Crippen molar-refractivity contribution in [1.29, 1.82) is 0 Å². The van der Waals surface area contributed by atoms with Crippen LogP contribution in [0.15, 0.2) is 24.3 Å². The van der Waals surface area contributed by atoms with Crippen LogP contribution in [0.3, 0.4) is 0 Å². The Morgan fingerprint density at radius 3 is 2.80 bits per heavy atom. The van der Waals surface area contributed by atoms with E-state index in [9.17, 15) is 9.59 Å². The van der Waals surface area contributed by atoms with Gasteiger partial charge in [0.2, 0.25) is 0 Å². The van der Waals surface area contributed by atoms with E-state index >= 15 is 0 Å². The number of carbonyl (C=O) groups is 2. The van der Waals surface area contributed by atoms with Gasteiger partial charge in [-0.3, -0.25) is 9.59 Å². The second kappa shape index (κ2) is 6.25. The zero-order valence-electron chi connectivity index (χ0n) is 10.8. The van der Waals surface area contributed by atoms with Crippen LogP contribution < -0.4 is 5.32 Å². The molecule has 0 bridgehead atoms. The van der Waals surface area contributed by atoms with Crippen molar-refractivity contribution in [3.05, 3.63) is 40.4 Å². The third-order valence-corrected chi connectivity index (χ3v) is 3.47. The minimum absolute atomic E-state index is 0.141. The lowest BCUT2D eigenvalue weighted by Gasteiger charge is -2.08. The fourth-order valence-corrected chi connectivity index (χ4v) is 2.40.